The molecule has 2 aromatic rings. The van der Waals surface area contributed by atoms with E-state index in [2.05, 4.69) is 10.3 Å². The van der Waals surface area contributed by atoms with Gasteiger partial charge in [-0.25, -0.2) is 9.79 Å². The molecule has 0 aromatic heterocycles. The van der Waals surface area contributed by atoms with Crippen LogP contribution in [-0.4, -0.2) is 44.1 Å². The standard InChI is InChI=1S/C24H26N2O6/c1-5-25-22(27)14-30-20-11-6-16(13-21(20)29-4)12-19-24(28)32-23(26-19)17-7-9-18(10-8-17)31-15(2)3/h6-13,15H,5,14H2,1-4H3,(H,25,27)/b19-12+. The number of cyclic esters (lactones) is 1. The van der Waals surface area contributed by atoms with Gasteiger partial charge in [0.25, 0.3) is 5.91 Å². The minimum atomic E-state index is -0.543. The molecule has 0 atom stereocenters. The van der Waals surface area contributed by atoms with Crippen molar-refractivity contribution in [2.75, 3.05) is 20.3 Å². The van der Waals surface area contributed by atoms with Crippen molar-refractivity contribution in [3.63, 3.8) is 0 Å². The number of ether oxygens (including phenoxy) is 4. The van der Waals surface area contributed by atoms with Gasteiger partial charge in [0, 0.05) is 12.1 Å². The van der Waals surface area contributed by atoms with E-state index < -0.39 is 5.97 Å². The normalized spacial score (nSPS) is 14.2. The quantitative estimate of drug-likeness (QED) is 0.477. The number of rotatable bonds is 9. The largest absolute Gasteiger partial charge is 0.493 e. The molecular formula is C24H26N2O6. The lowest BCUT2D eigenvalue weighted by atomic mass is 10.1. The maximum absolute atomic E-state index is 12.3. The third kappa shape index (κ3) is 5.87. The van der Waals surface area contributed by atoms with Crippen molar-refractivity contribution in [1.82, 2.24) is 5.32 Å². The maximum Gasteiger partial charge on any atom is 0.363 e. The van der Waals surface area contributed by atoms with E-state index in [9.17, 15) is 9.59 Å². The van der Waals surface area contributed by atoms with Gasteiger partial charge in [-0.2, -0.15) is 0 Å². The molecule has 0 saturated heterocycles. The molecule has 0 fully saturated rings. The SMILES string of the molecule is CCNC(=O)COc1ccc(/C=C2/N=C(c3ccc(OC(C)C)cc3)OC2=O)cc1OC. The fourth-order valence-corrected chi connectivity index (χ4v) is 2.92. The van der Waals surface area contributed by atoms with Gasteiger partial charge in [0.1, 0.15) is 5.75 Å². The third-order valence-corrected chi connectivity index (χ3v) is 4.32. The first-order valence-electron chi connectivity index (χ1n) is 10.3. The highest BCUT2D eigenvalue weighted by molar-refractivity contribution is 6.12. The zero-order valence-corrected chi connectivity index (χ0v) is 18.5. The van der Waals surface area contributed by atoms with Gasteiger partial charge in [-0.15, -0.1) is 0 Å². The van der Waals surface area contributed by atoms with E-state index in [0.29, 0.717) is 29.2 Å². The van der Waals surface area contributed by atoms with Crippen LogP contribution in [0.5, 0.6) is 17.2 Å². The van der Waals surface area contributed by atoms with Gasteiger partial charge in [-0.1, -0.05) is 6.07 Å². The van der Waals surface area contributed by atoms with Gasteiger partial charge in [0.05, 0.1) is 13.2 Å². The van der Waals surface area contributed by atoms with Gasteiger partial charge >= 0.3 is 5.97 Å². The second-order valence-electron chi connectivity index (χ2n) is 7.18. The van der Waals surface area contributed by atoms with E-state index in [1.54, 1.807) is 48.5 Å². The van der Waals surface area contributed by atoms with Crippen molar-refractivity contribution in [2.24, 2.45) is 4.99 Å². The number of benzene rings is 2. The fourth-order valence-electron chi connectivity index (χ4n) is 2.92. The summed E-state index contributed by atoms with van der Waals surface area (Å²) in [5.74, 6) is 1.04. The monoisotopic (exact) mass is 438 g/mol. The number of nitrogens with zero attached hydrogens (tertiary/aromatic N) is 1. The van der Waals surface area contributed by atoms with E-state index in [1.165, 1.54) is 7.11 Å². The first-order chi connectivity index (χ1) is 15.4. The Kier molecular flexibility index (Phi) is 7.49. The summed E-state index contributed by atoms with van der Waals surface area (Å²) in [6.07, 6.45) is 1.67. The average Bonchev–Trinajstić information content (AvgIpc) is 3.13. The number of carbonyl (C=O) groups is 2. The smallest absolute Gasteiger partial charge is 0.363 e. The summed E-state index contributed by atoms with van der Waals surface area (Å²) in [6.45, 7) is 6.14. The summed E-state index contributed by atoms with van der Waals surface area (Å²) in [7, 11) is 1.50. The van der Waals surface area contributed by atoms with Crippen molar-refractivity contribution in [3.05, 3.63) is 59.3 Å². The lowest BCUT2D eigenvalue weighted by Crippen LogP contribution is -2.28. The van der Waals surface area contributed by atoms with Crippen LogP contribution in [0.3, 0.4) is 0 Å². The summed E-state index contributed by atoms with van der Waals surface area (Å²) in [5.41, 5.74) is 1.51. The molecule has 1 aliphatic rings. The molecule has 3 rings (SSSR count). The van der Waals surface area contributed by atoms with Crippen LogP contribution in [0.1, 0.15) is 31.9 Å². The number of hydrogen-bond acceptors (Lipinski definition) is 7. The first-order valence-corrected chi connectivity index (χ1v) is 10.3. The molecule has 0 spiro atoms. The van der Waals surface area contributed by atoms with Gasteiger partial charge in [0.15, 0.2) is 23.8 Å². The fraction of sp³-hybridized carbons (Fsp3) is 0.292. The average molecular weight is 438 g/mol. The van der Waals surface area contributed by atoms with Crippen LogP contribution in [-0.2, 0) is 14.3 Å². The Morgan fingerprint density at radius 1 is 1.16 bits per heavy atom. The maximum atomic E-state index is 12.3. The van der Waals surface area contributed by atoms with Crippen molar-refractivity contribution >= 4 is 23.9 Å². The zero-order valence-electron chi connectivity index (χ0n) is 18.5. The summed E-state index contributed by atoms with van der Waals surface area (Å²) < 4.78 is 21.8. The molecule has 32 heavy (non-hydrogen) atoms. The van der Waals surface area contributed by atoms with Crippen LogP contribution >= 0.6 is 0 Å². The highest BCUT2D eigenvalue weighted by Gasteiger charge is 2.24. The molecule has 8 nitrogen and oxygen atoms in total. The molecule has 1 aliphatic heterocycles. The Hall–Kier alpha value is -3.81. The number of carbonyl (C=O) groups excluding carboxylic acids is 2. The van der Waals surface area contributed by atoms with E-state index >= 15 is 0 Å². The minimum Gasteiger partial charge on any atom is -0.493 e. The Morgan fingerprint density at radius 2 is 1.91 bits per heavy atom. The minimum absolute atomic E-state index is 0.0688. The first kappa shape index (κ1) is 22.9. The predicted molar refractivity (Wildman–Crippen MR) is 120 cm³/mol. The van der Waals surface area contributed by atoms with Crippen molar-refractivity contribution < 1.29 is 28.5 Å². The highest BCUT2D eigenvalue weighted by Crippen LogP contribution is 2.30. The molecule has 0 saturated carbocycles. The van der Waals surface area contributed by atoms with Crippen LogP contribution < -0.4 is 19.5 Å². The molecule has 1 heterocycles. The predicted octanol–water partition coefficient (Wildman–Crippen LogP) is 3.34. The summed E-state index contributed by atoms with van der Waals surface area (Å²) >= 11 is 0. The van der Waals surface area contributed by atoms with Crippen molar-refractivity contribution in [1.29, 1.82) is 0 Å². The molecular weight excluding hydrogens is 412 g/mol. The summed E-state index contributed by atoms with van der Waals surface area (Å²) in [6, 6.07) is 12.3. The second-order valence-corrected chi connectivity index (χ2v) is 7.18. The molecule has 0 radical (unpaired) electrons. The van der Waals surface area contributed by atoms with Crippen molar-refractivity contribution in [3.8, 4) is 17.2 Å². The van der Waals surface area contributed by atoms with Gasteiger partial charge < -0.3 is 24.3 Å². The Balaban J connectivity index is 1.76. The molecule has 1 N–H and O–H groups in total. The second kappa shape index (κ2) is 10.5. The van der Waals surface area contributed by atoms with E-state index in [-0.39, 0.29) is 30.2 Å². The van der Waals surface area contributed by atoms with Crippen LogP contribution in [0, 0.1) is 0 Å². The van der Waals surface area contributed by atoms with Crippen LogP contribution in [0.2, 0.25) is 0 Å². The summed E-state index contributed by atoms with van der Waals surface area (Å²) in [4.78, 5) is 28.2. The lowest BCUT2D eigenvalue weighted by Gasteiger charge is -2.11. The third-order valence-electron chi connectivity index (χ3n) is 4.32. The number of likely N-dealkylation sites (N-methyl/N-ethyl adjacent to an activating group) is 1. The van der Waals surface area contributed by atoms with Gasteiger partial charge in [0.2, 0.25) is 5.90 Å². The number of methoxy groups -OCH3 is 1. The number of hydrogen-bond donors (Lipinski definition) is 1. The Morgan fingerprint density at radius 3 is 2.56 bits per heavy atom. The zero-order chi connectivity index (χ0) is 23.1. The topological polar surface area (TPSA) is 95.5 Å². The molecule has 8 heteroatoms. The van der Waals surface area contributed by atoms with E-state index in [1.807, 2.05) is 20.8 Å². The van der Waals surface area contributed by atoms with Gasteiger partial charge in [-0.05, 0) is 68.8 Å². The number of aliphatic imine (C=N–C) groups is 1. The van der Waals surface area contributed by atoms with Crippen LogP contribution in [0.25, 0.3) is 6.08 Å². The molecule has 0 aliphatic carbocycles. The Labute approximate surface area is 186 Å². The number of nitrogens with one attached hydrogen (secondary N) is 1. The highest BCUT2D eigenvalue weighted by atomic mass is 16.6. The molecule has 0 unspecified atom stereocenters. The Bertz CT molecular complexity index is 1040. The number of esters is 1. The molecule has 168 valence electrons. The molecule has 2 aromatic carbocycles. The molecule has 0 bridgehead atoms. The van der Waals surface area contributed by atoms with Crippen LogP contribution in [0.4, 0.5) is 0 Å². The van der Waals surface area contributed by atoms with Crippen LogP contribution in [0.15, 0.2) is 53.2 Å². The van der Waals surface area contributed by atoms with E-state index in [0.717, 1.165) is 5.75 Å². The summed E-state index contributed by atoms with van der Waals surface area (Å²) in [5, 5.41) is 2.66. The van der Waals surface area contributed by atoms with Crippen molar-refractivity contribution in [2.45, 2.75) is 26.9 Å². The number of amides is 1. The lowest BCUT2D eigenvalue weighted by molar-refractivity contribution is -0.130. The van der Waals surface area contributed by atoms with Gasteiger partial charge in [-0.3, -0.25) is 4.79 Å². The van der Waals surface area contributed by atoms with E-state index in [4.69, 9.17) is 18.9 Å². The molecule has 1 amide bonds.